The van der Waals surface area contributed by atoms with Gasteiger partial charge in [0.15, 0.2) is 17.5 Å². The maximum absolute atomic E-state index is 6.07. The Kier molecular flexibility index (Phi) is 4.71. The molecule has 0 atom stereocenters. The molecule has 5 nitrogen and oxygen atoms in total. The van der Waals surface area contributed by atoms with Crippen LogP contribution in [0.15, 0.2) is 23.2 Å². The lowest BCUT2D eigenvalue weighted by Gasteiger charge is -2.18. The summed E-state index contributed by atoms with van der Waals surface area (Å²) in [4.78, 5) is 6.57. The lowest BCUT2D eigenvalue weighted by Crippen LogP contribution is -2.35. The van der Waals surface area contributed by atoms with Gasteiger partial charge in [-0.3, -0.25) is 4.99 Å². The van der Waals surface area contributed by atoms with E-state index in [9.17, 15) is 0 Å². The van der Waals surface area contributed by atoms with Crippen molar-refractivity contribution in [3.8, 4) is 11.5 Å². The fraction of sp³-hybridized carbons (Fsp3) is 0.588. The van der Waals surface area contributed by atoms with Gasteiger partial charge in [0.2, 0.25) is 0 Å². The molecule has 1 N–H and O–H groups in total. The van der Waals surface area contributed by atoms with Gasteiger partial charge in [-0.1, -0.05) is 6.07 Å². The van der Waals surface area contributed by atoms with Crippen LogP contribution in [0.3, 0.4) is 0 Å². The zero-order chi connectivity index (χ0) is 15.4. The third kappa shape index (κ3) is 3.46. The summed E-state index contributed by atoms with van der Waals surface area (Å²) in [5.41, 5.74) is 1.17. The highest BCUT2D eigenvalue weighted by atomic mass is 16.5. The normalized spacial score (nSPS) is 18.5. The number of hydrogen-bond acceptors (Lipinski definition) is 5. The summed E-state index contributed by atoms with van der Waals surface area (Å²) in [6.45, 7) is 2.60. The predicted octanol–water partition coefficient (Wildman–Crippen LogP) is 2.41. The number of benzene rings is 1. The van der Waals surface area contributed by atoms with E-state index >= 15 is 0 Å². The van der Waals surface area contributed by atoms with Crippen molar-refractivity contribution in [1.82, 2.24) is 10.2 Å². The van der Waals surface area contributed by atoms with E-state index < -0.39 is 0 Å². The highest BCUT2D eigenvalue weighted by Gasteiger charge is 2.18. The van der Waals surface area contributed by atoms with Crippen LogP contribution < -0.4 is 14.8 Å². The second-order valence-electron chi connectivity index (χ2n) is 5.99. The van der Waals surface area contributed by atoms with Crippen molar-refractivity contribution in [2.45, 2.75) is 38.3 Å². The third-order valence-electron chi connectivity index (χ3n) is 4.33. The average Bonchev–Trinajstić information content (AvgIpc) is 3.18. The highest BCUT2D eigenvalue weighted by molar-refractivity contribution is 5.81. The van der Waals surface area contributed by atoms with Crippen LogP contribution in [0.25, 0.3) is 0 Å². The first-order valence-corrected chi connectivity index (χ1v) is 8.09. The second-order valence-corrected chi connectivity index (χ2v) is 5.99. The first-order chi connectivity index (χ1) is 10.8. The van der Waals surface area contributed by atoms with Crippen molar-refractivity contribution in [2.75, 3.05) is 27.2 Å². The largest absolute Gasteiger partial charge is 0.493 e. The Balaban J connectivity index is 1.63. The van der Waals surface area contributed by atoms with Crippen LogP contribution in [0.4, 0.5) is 0 Å². The molecule has 1 aliphatic heterocycles. The number of nitrogens with zero attached hydrogens (tertiary/aromatic N) is 2. The van der Waals surface area contributed by atoms with Gasteiger partial charge in [-0.25, -0.2) is 0 Å². The first kappa shape index (κ1) is 15.0. The molecule has 1 aromatic carbocycles. The predicted molar refractivity (Wildman–Crippen MR) is 87.6 cm³/mol. The smallest absolute Gasteiger partial charge is 0.194 e. The Labute approximate surface area is 132 Å². The number of nitrogens with one attached hydrogen (secondary N) is 1. The van der Waals surface area contributed by atoms with Crippen molar-refractivity contribution in [2.24, 2.45) is 4.99 Å². The Hall–Kier alpha value is -1.91. The molecule has 1 heterocycles. The van der Waals surface area contributed by atoms with Gasteiger partial charge in [-0.15, -0.1) is 0 Å². The monoisotopic (exact) mass is 303 g/mol. The van der Waals surface area contributed by atoms with Gasteiger partial charge in [0.25, 0.3) is 0 Å². The molecular weight excluding hydrogens is 278 g/mol. The molecule has 22 heavy (non-hydrogen) atoms. The number of methoxy groups -OCH3 is 1. The number of hydrogen-bond donors (Lipinski definition) is 1. The lowest BCUT2D eigenvalue weighted by molar-refractivity contribution is 0.200. The maximum atomic E-state index is 6.07. The molecule has 0 aromatic heterocycles. The lowest BCUT2D eigenvalue weighted by atomic mass is 10.2. The van der Waals surface area contributed by atoms with Gasteiger partial charge in [-0.05, 0) is 43.4 Å². The summed E-state index contributed by atoms with van der Waals surface area (Å²) in [6.07, 6.45) is 5.19. The zero-order valence-corrected chi connectivity index (χ0v) is 13.5. The Morgan fingerprint density at radius 1 is 1.27 bits per heavy atom. The average molecular weight is 303 g/mol. The quantitative estimate of drug-likeness (QED) is 0.907. The molecule has 1 saturated carbocycles. The molecule has 0 saturated heterocycles. The van der Waals surface area contributed by atoms with Crippen LogP contribution in [0, 0.1) is 0 Å². The number of aliphatic imine (C=N–C) groups is 1. The van der Waals surface area contributed by atoms with E-state index in [1.165, 1.54) is 18.4 Å². The fourth-order valence-electron chi connectivity index (χ4n) is 3.01. The van der Waals surface area contributed by atoms with Gasteiger partial charge in [0, 0.05) is 20.1 Å². The Morgan fingerprint density at radius 3 is 2.77 bits per heavy atom. The van der Waals surface area contributed by atoms with Crippen molar-refractivity contribution in [1.29, 1.82) is 0 Å². The number of ether oxygens (including phenoxy) is 2. The van der Waals surface area contributed by atoms with Crippen LogP contribution in [-0.2, 0) is 6.54 Å². The van der Waals surface area contributed by atoms with E-state index in [0.29, 0.717) is 6.10 Å². The molecule has 0 radical (unpaired) electrons. The molecule has 1 fully saturated rings. The zero-order valence-electron chi connectivity index (χ0n) is 13.5. The van der Waals surface area contributed by atoms with Gasteiger partial charge < -0.3 is 19.7 Å². The topological polar surface area (TPSA) is 46.1 Å². The number of rotatable bonds is 5. The van der Waals surface area contributed by atoms with E-state index in [-0.39, 0.29) is 0 Å². The summed E-state index contributed by atoms with van der Waals surface area (Å²) in [5.74, 6) is 2.63. The summed E-state index contributed by atoms with van der Waals surface area (Å²) >= 11 is 0. The fourth-order valence-corrected chi connectivity index (χ4v) is 3.01. The minimum Gasteiger partial charge on any atom is -0.493 e. The van der Waals surface area contributed by atoms with Crippen molar-refractivity contribution in [3.05, 3.63) is 23.8 Å². The summed E-state index contributed by atoms with van der Waals surface area (Å²) in [6, 6.07) is 6.16. The highest BCUT2D eigenvalue weighted by Crippen LogP contribution is 2.32. The molecule has 0 unspecified atom stereocenters. The van der Waals surface area contributed by atoms with Crippen LogP contribution >= 0.6 is 0 Å². The van der Waals surface area contributed by atoms with E-state index in [0.717, 1.165) is 49.9 Å². The molecule has 120 valence electrons. The first-order valence-electron chi connectivity index (χ1n) is 8.09. The van der Waals surface area contributed by atoms with Crippen LogP contribution in [0.2, 0.25) is 0 Å². The van der Waals surface area contributed by atoms with Gasteiger partial charge in [0.1, 0.15) is 0 Å². The van der Waals surface area contributed by atoms with E-state index in [1.54, 1.807) is 7.11 Å². The molecule has 5 heteroatoms. The van der Waals surface area contributed by atoms with Crippen LogP contribution in [0.5, 0.6) is 11.5 Å². The molecule has 2 aliphatic rings. The molecule has 1 aromatic rings. The van der Waals surface area contributed by atoms with Gasteiger partial charge in [-0.2, -0.15) is 0 Å². The van der Waals surface area contributed by atoms with E-state index in [2.05, 4.69) is 28.3 Å². The van der Waals surface area contributed by atoms with E-state index in [1.807, 2.05) is 12.1 Å². The minimum absolute atomic E-state index is 0.347. The third-order valence-corrected chi connectivity index (χ3v) is 4.33. The second kappa shape index (κ2) is 6.90. The molecule has 0 amide bonds. The van der Waals surface area contributed by atoms with Crippen molar-refractivity contribution in [3.63, 3.8) is 0 Å². The molecule has 0 bridgehead atoms. The van der Waals surface area contributed by atoms with Crippen molar-refractivity contribution >= 4 is 5.96 Å². The SMILES string of the molecule is COc1cc(CNC2=NCCN2C)ccc1OC1CCCC1. The number of guanidine groups is 1. The molecular formula is C17H25N3O2. The van der Waals surface area contributed by atoms with Gasteiger partial charge in [0.05, 0.1) is 19.8 Å². The Bertz CT molecular complexity index is 539. The standard InChI is InChI=1S/C17H25N3O2/c1-20-10-9-18-17(20)19-12-13-7-8-15(16(11-13)21-2)22-14-5-3-4-6-14/h7-8,11,14H,3-6,9-10,12H2,1-2H3,(H,18,19). The van der Waals surface area contributed by atoms with E-state index in [4.69, 9.17) is 9.47 Å². The summed E-state index contributed by atoms with van der Waals surface area (Å²) < 4.78 is 11.6. The molecule has 1 aliphatic carbocycles. The maximum Gasteiger partial charge on any atom is 0.194 e. The Morgan fingerprint density at radius 2 is 2.09 bits per heavy atom. The molecule has 3 rings (SSSR count). The summed E-state index contributed by atoms with van der Waals surface area (Å²) in [5, 5.41) is 3.37. The number of likely N-dealkylation sites (N-methyl/N-ethyl adjacent to an activating group) is 1. The van der Waals surface area contributed by atoms with Crippen LogP contribution in [0.1, 0.15) is 31.2 Å². The summed E-state index contributed by atoms with van der Waals surface area (Å²) in [7, 11) is 3.75. The van der Waals surface area contributed by atoms with Crippen molar-refractivity contribution < 1.29 is 9.47 Å². The van der Waals surface area contributed by atoms with Gasteiger partial charge >= 0.3 is 0 Å². The van der Waals surface area contributed by atoms with Crippen LogP contribution in [-0.4, -0.2) is 44.2 Å². The molecule has 0 spiro atoms. The minimum atomic E-state index is 0.347.